The van der Waals surface area contributed by atoms with E-state index in [1.165, 1.54) is 31.2 Å². The van der Waals surface area contributed by atoms with Crippen molar-refractivity contribution in [2.45, 2.75) is 17.5 Å². The van der Waals surface area contributed by atoms with Crippen molar-refractivity contribution in [2.75, 3.05) is 7.11 Å². The van der Waals surface area contributed by atoms with Crippen LogP contribution >= 0.6 is 11.8 Å². The Balaban J connectivity index is 1.49. The highest BCUT2D eigenvalue weighted by atomic mass is 32.2. The van der Waals surface area contributed by atoms with Gasteiger partial charge in [0.2, 0.25) is 11.7 Å². The number of rotatable bonds is 7. The first-order valence-electron chi connectivity index (χ1n) is 7.09. The molecule has 0 spiro atoms. The molecule has 0 unspecified atom stereocenters. The number of hydrogen-bond acceptors (Lipinski definition) is 9. The molecule has 25 heavy (non-hydrogen) atoms. The number of amides is 1. The van der Waals surface area contributed by atoms with Gasteiger partial charge in [-0.05, 0) is 24.3 Å². The number of nitrogens with one attached hydrogen (secondary N) is 1. The minimum atomic E-state index is -0.538. The van der Waals surface area contributed by atoms with Gasteiger partial charge in [0.05, 0.1) is 25.7 Å². The fraction of sp³-hybridized carbons (Fsp3) is 0.200. The maximum atomic E-state index is 11.7. The van der Waals surface area contributed by atoms with Crippen LogP contribution in [0.1, 0.15) is 32.8 Å². The van der Waals surface area contributed by atoms with Crippen molar-refractivity contribution >= 4 is 23.6 Å². The van der Waals surface area contributed by atoms with E-state index in [4.69, 9.17) is 13.3 Å². The summed E-state index contributed by atoms with van der Waals surface area (Å²) in [6.07, 6.45) is 1.41. The standard InChI is InChI=1S/C15H13N3O6S/c1-21-14(20)11-5-4-9(23-11)8-25-15-18-17-12(24-15)7-16-13(19)10-3-2-6-22-10/h2-6H,7-8H2,1H3,(H,16,19). The van der Waals surface area contributed by atoms with Crippen LogP contribution in [0, 0.1) is 0 Å². The Hall–Kier alpha value is -3.01. The Morgan fingerprint density at radius 3 is 2.84 bits per heavy atom. The van der Waals surface area contributed by atoms with E-state index < -0.39 is 5.97 Å². The van der Waals surface area contributed by atoms with Gasteiger partial charge in [0.25, 0.3) is 11.1 Å². The number of carbonyl (C=O) groups excluding carboxylic acids is 2. The Bertz CT molecular complexity index is 854. The third-order valence-corrected chi connectivity index (χ3v) is 3.82. The molecule has 0 atom stereocenters. The highest BCUT2D eigenvalue weighted by molar-refractivity contribution is 7.98. The van der Waals surface area contributed by atoms with Crippen molar-refractivity contribution in [3.05, 3.63) is 53.7 Å². The number of esters is 1. The second kappa shape index (κ2) is 7.71. The summed E-state index contributed by atoms with van der Waals surface area (Å²) in [6, 6.07) is 6.37. The zero-order valence-corrected chi connectivity index (χ0v) is 13.9. The molecule has 0 aliphatic heterocycles. The lowest BCUT2D eigenvalue weighted by molar-refractivity contribution is 0.0563. The van der Waals surface area contributed by atoms with Gasteiger partial charge in [-0.3, -0.25) is 4.79 Å². The summed E-state index contributed by atoms with van der Waals surface area (Å²) in [5.74, 6) is 0.649. The lowest BCUT2D eigenvalue weighted by Crippen LogP contribution is -2.22. The summed E-state index contributed by atoms with van der Waals surface area (Å²) in [4.78, 5) is 23.0. The molecule has 0 saturated carbocycles. The molecular formula is C15H13N3O6S. The van der Waals surface area contributed by atoms with Crippen LogP contribution in [0.2, 0.25) is 0 Å². The fourth-order valence-electron chi connectivity index (χ4n) is 1.82. The predicted molar refractivity (Wildman–Crippen MR) is 83.8 cm³/mol. The van der Waals surface area contributed by atoms with Crippen LogP contribution < -0.4 is 5.32 Å². The average molecular weight is 363 g/mol. The first-order chi connectivity index (χ1) is 12.2. The number of aromatic nitrogens is 2. The van der Waals surface area contributed by atoms with Crippen LogP contribution in [0.15, 0.2) is 49.0 Å². The highest BCUT2D eigenvalue weighted by Crippen LogP contribution is 2.23. The summed E-state index contributed by atoms with van der Waals surface area (Å²) >= 11 is 1.24. The van der Waals surface area contributed by atoms with Crippen molar-refractivity contribution < 1.29 is 27.6 Å². The lowest BCUT2D eigenvalue weighted by atomic mass is 10.4. The van der Waals surface area contributed by atoms with Crippen molar-refractivity contribution in [3.63, 3.8) is 0 Å². The largest absolute Gasteiger partial charge is 0.463 e. The molecule has 0 aliphatic carbocycles. The summed E-state index contributed by atoms with van der Waals surface area (Å²) in [5, 5.41) is 10.6. The molecule has 9 nitrogen and oxygen atoms in total. The molecule has 0 fully saturated rings. The van der Waals surface area contributed by atoms with E-state index in [1.54, 1.807) is 18.2 Å². The molecule has 3 aromatic rings. The summed E-state index contributed by atoms with van der Waals surface area (Å²) in [5.41, 5.74) is 0. The number of thioether (sulfide) groups is 1. The first kappa shape index (κ1) is 16.8. The van der Waals surface area contributed by atoms with E-state index in [-0.39, 0.29) is 29.9 Å². The van der Waals surface area contributed by atoms with Crippen LogP contribution in [-0.4, -0.2) is 29.2 Å². The smallest absolute Gasteiger partial charge is 0.373 e. The number of furan rings is 2. The molecule has 130 valence electrons. The van der Waals surface area contributed by atoms with Crippen LogP contribution in [0.5, 0.6) is 0 Å². The second-order valence-corrected chi connectivity index (χ2v) is 5.59. The maximum absolute atomic E-state index is 11.7. The van der Waals surface area contributed by atoms with Crippen LogP contribution in [0.3, 0.4) is 0 Å². The van der Waals surface area contributed by atoms with Gasteiger partial charge in [-0.15, -0.1) is 10.2 Å². The van der Waals surface area contributed by atoms with E-state index in [9.17, 15) is 9.59 Å². The number of carbonyl (C=O) groups is 2. The average Bonchev–Trinajstić information content (AvgIpc) is 3.38. The summed E-state index contributed by atoms with van der Waals surface area (Å²) < 4.78 is 20.3. The van der Waals surface area contributed by atoms with Crippen LogP contribution in [0.25, 0.3) is 0 Å². The SMILES string of the molecule is COC(=O)c1ccc(CSc2nnc(CNC(=O)c3ccco3)o2)o1. The molecule has 0 saturated heterocycles. The Labute approximate surface area is 145 Å². The van der Waals surface area contributed by atoms with Crippen molar-refractivity contribution in [2.24, 2.45) is 0 Å². The molecule has 3 rings (SSSR count). The topological polar surface area (TPSA) is 121 Å². The van der Waals surface area contributed by atoms with Gasteiger partial charge < -0.3 is 23.3 Å². The maximum Gasteiger partial charge on any atom is 0.373 e. The van der Waals surface area contributed by atoms with E-state index in [2.05, 4.69) is 20.3 Å². The van der Waals surface area contributed by atoms with Gasteiger partial charge in [0, 0.05) is 0 Å². The summed E-state index contributed by atoms with van der Waals surface area (Å²) in [6.45, 7) is 0.0837. The molecule has 1 amide bonds. The Morgan fingerprint density at radius 1 is 1.20 bits per heavy atom. The molecule has 1 N–H and O–H groups in total. The molecule has 10 heteroatoms. The lowest BCUT2D eigenvalue weighted by Gasteiger charge is -1.98. The Morgan fingerprint density at radius 2 is 2.08 bits per heavy atom. The highest BCUT2D eigenvalue weighted by Gasteiger charge is 2.14. The zero-order valence-electron chi connectivity index (χ0n) is 13.1. The van der Waals surface area contributed by atoms with Gasteiger partial charge >= 0.3 is 5.97 Å². The van der Waals surface area contributed by atoms with Gasteiger partial charge in [-0.25, -0.2) is 4.79 Å². The summed E-state index contributed by atoms with van der Waals surface area (Å²) in [7, 11) is 1.28. The van der Waals surface area contributed by atoms with Crippen molar-refractivity contribution in [3.8, 4) is 0 Å². The zero-order chi connectivity index (χ0) is 17.6. The van der Waals surface area contributed by atoms with Gasteiger partial charge in [0.1, 0.15) is 5.76 Å². The van der Waals surface area contributed by atoms with Gasteiger partial charge in [0.15, 0.2) is 5.76 Å². The van der Waals surface area contributed by atoms with Crippen molar-refractivity contribution in [1.29, 1.82) is 0 Å². The fourth-order valence-corrected chi connectivity index (χ4v) is 2.49. The molecule has 3 aromatic heterocycles. The molecule has 3 heterocycles. The third-order valence-electron chi connectivity index (χ3n) is 2.98. The van der Waals surface area contributed by atoms with E-state index in [1.807, 2.05) is 0 Å². The minimum absolute atomic E-state index is 0.0837. The normalized spacial score (nSPS) is 10.6. The van der Waals surface area contributed by atoms with Gasteiger partial charge in [-0.1, -0.05) is 11.8 Å². The third kappa shape index (κ3) is 4.29. The molecule has 0 aromatic carbocycles. The second-order valence-electron chi connectivity index (χ2n) is 4.67. The number of ether oxygens (including phenoxy) is 1. The van der Waals surface area contributed by atoms with Crippen molar-refractivity contribution in [1.82, 2.24) is 15.5 Å². The molecule has 0 radical (unpaired) electrons. The van der Waals surface area contributed by atoms with E-state index in [0.717, 1.165) is 0 Å². The van der Waals surface area contributed by atoms with Gasteiger partial charge in [-0.2, -0.15) is 0 Å². The molecule has 0 bridgehead atoms. The monoisotopic (exact) mass is 363 g/mol. The van der Waals surface area contributed by atoms with Crippen LogP contribution in [-0.2, 0) is 17.0 Å². The number of hydrogen-bond donors (Lipinski definition) is 1. The predicted octanol–water partition coefficient (Wildman–Crippen LogP) is 2.26. The first-order valence-corrected chi connectivity index (χ1v) is 8.08. The molecular weight excluding hydrogens is 350 g/mol. The van der Waals surface area contributed by atoms with E-state index in [0.29, 0.717) is 16.7 Å². The van der Waals surface area contributed by atoms with Crippen LogP contribution in [0.4, 0.5) is 0 Å². The number of methoxy groups -OCH3 is 1. The number of nitrogens with zero attached hydrogens (tertiary/aromatic N) is 2. The van der Waals surface area contributed by atoms with E-state index >= 15 is 0 Å². The minimum Gasteiger partial charge on any atom is -0.463 e. The Kier molecular flexibility index (Phi) is 5.19. The molecule has 0 aliphatic rings. The quantitative estimate of drug-likeness (QED) is 0.497.